The summed E-state index contributed by atoms with van der Waals surface area (Å²) < 4.78 is 5.23. The molecule has 1 aromatic carbocycles. The first kappa shape index (κ1) is 14.3. The first-order valence-corrected chi connectivity index (χ1v) is 5.79. The minimum Gasteiger partial charge on any atom is -0.443 e. The average Bonchev–Trinajstić information content (AvgIpc) is 2.25. The molecule has 0 aliphatic rings. The maximum Gasteiger partial charge on any atom is 0.414 e. The molecule has 0 unspecified atom stereocenters. The largest absolute Gasteiger partial charge is 0.443 e. The molecule has 0 heterocycles. The number of amides is 1. The van der Waals surface area contributed by atoms with Gasteiger partial charge in [-0.3, -0.25) is 4.90 Å². The lowest BCUT2D eigenvalue weighted by Gasteiger charge is -2.25. The SMILES string of the molecule is CN(C(=O)OC(C)(C)C)c1cc(Cl)ccc1C#N. The van der Waals surface area contributed by atoms with E-state index in [1.165, 1.54) is 4.90 Å². The highest BCUT2D eigenvalue weighted by atomic mass is 35.5. The highest BCUT2D eigenvalue weighted by molar-refractivity contribution is 6.31. The molecule has 18 heavy (non-hydrogen) atoms. The van der Waals surface area contributed by atoms with E-state index in [0.717, 1.165) is 0 Å². The van der Waals surface area contributed by atoms with E-state index in [-0.39, 0.29) is 0 Å². The summed E-state index contributed by atoms with van der Waals surface area (Å²) in [6.07, 6.45) is -0.527. The Bertz CT molecular complexity index is 501. The van der Waals surface area contributed by atoms with Crippen LogP contribution >= 0.6 is 11.6 Å². The van der Waals surface area contributed by atoms with Gasteiger partial charge in [-0.2, -0.15) is 5.26 Å². The summed E-state index contributed by atoms with van der Waals surface area (Å²) in [5.74, 6) is 0. The number of halogens is 1. The smallest absolute Gasteiger partial charge is 0.414 e. The van der Waals surface area contributed by atoms with E-state index >= 15 is 0 Å². The Morgan fingerprint density at radius 1 is 1.44 bits per heavy atom. The van der Waals surface area contributed by atoms with Crippen molar-refractivity contribution in [3.8, 4) is 6.07 Å². The van der Waals surface area contributed by atoms with E-state index in [9.17, 15) is 4.79 Å². The molecule has 1 amide bonds. The van der Waals surface area contributed by atoms with Crippen LogP contribution in [0.3, 0.4) is 0 Å². The lowest BCUT2D eigenvalue weighted by atomic mass is 10.2. The van der Waals surface area contributed by atoms with Crippen molar-refractivity contribution in [3.63, 3.8) is 0 Å². The molecule has 0 spiro atoms. The second kappa shape index (κ2) is 5.28. The molecule has 0 N–H and O–H groups in total. The van der Waals surface area contributed by atoms with Crippen molar-refractivity contribution in [2.24, 2.45) is 0 Å². The molecule has 0 fully saturated rings. The lowest BCUT2D eigenvalue weighted by molar-refractivity contribution is 0.0589. The normalized spacial score (nSPS) is 10.7. The van der Waals surface area contributed by atoms with Gasteiger partial charge in [-0.15, -0.1) is 0 Å². The number of anilines is 1. The van der Waals surface area contributed by atoms with Crippen molar-refractivity contribution in [1.29, 1.82) is 5.26 Å². The fourth-order valence-corrected chi connectivity index (χ4v) is 1.47. The van der Waals surface area contributed by atoms with Crippen LogP contribution in [0.5, 0.6) is 0 Å². The molecule has 0 radical (unpaired) electrons. The van der Waals surface area contributed by atoms with Gasteiger partial charge in [0.05, 0.1) is 11.3 Å². The van der Waals surface area contributed by atoms with Crippen LogP contribution in [0, 0.1) is 11.3 Å². The molecular weight excluding hydrogens is 252 g/mol. The van der Waals surface area contributed by atoms with E-state index in [1.54, 1.807) is 46.0 Å². The van der Waals surface area contributed by atoms with Crippen molar-refractivity contribution in [1.82, 2.24) is 0 Å². The monoisotopic (exact) mass is 266 g/mol. The van der Waals surface area contributed by atoms with E-state index in [0.29, 0.717) is 16.3 Å². The molecule has 1 aromatic rings. The zero-order chi connectivity index (χ0) is 13.9. The van der Waals surface area contributed by atoms with E-state index in [1.807, 2.05) is 6.07 Å². The number of nitriles is 1. The van der Waals surface area contributed by atoms with Crippen molar-refractivity contribution in [3.05, 3.63) is 28.8 Å². The van der Waals surface area contributed by atoms with Crippen LogP contribution in [0.1, 0.15) is 26.3 Å². The number of hydrogen-bond acceptors (Lipinski definition) is 3. The van der Waals surface area contributed by atoms with Crippen LogP contribution in [0.15, 0.2) is 18.2 Å². The summed E-state index contributed by atoms with van der Waals surface area (Å²) in [5.41, 5.74) is 0.212. The standard InChI is InChI=1S/C13H15ClN2O2/c1-13(2,3)18-12(17)16(4)11-7-10(14)6-5-9(11)8-15/h5-7H,1-4H3. The summed E-state index contributed by atoms with van der Waals surface area (Å²) in [6.45, 7) is 5.34. The maximum atomic E-state index is 11.9. The molecule has 0 saturated heterocycles. The number of hydrogen-bond donors (Lipinski definition) is 0. The van der Waals surface area contributed by atoms with Gasteiger partial charge in [0.15, 0.2) is 0 Å². The number of rotatable bonds is 1. The number of benzene rings is 1. The minimum atomic E-state index is -0.587. The summed E-state index contributed by atoms with van der Waals surface area (Å²) in [5, 5.41) is 9.46. The average molecular weight is 267 g/mol. The van der Waals surface area contributed by atoms with Gasteiger partial charge in [-0.05, 0) is 39.0 Å². The van der Waals surface area contributed by atoms with E-state index in [4.69, 9.17) is 21.6 Å². The van der Waals surface area contributed by atoms with E-state index < -0.39 is 11.7 Å². The number of carbonyl (C=O) groups excluding carboxylic acids is 1. The topological polar surface area (TPSA) is 53.3 Å². The molecule has 96 valence electrons. The maximum absolute atomic E-state index is 11.9. The molecule has 4 nitrogen and oxygen atoms in total. The Morgan fingerprint density at radius 3 is 2.56 bits per heavy atom. The Balaban J connectivity index is 3.04. The molecular formula is C13H15ClN2O2. The van der Waals surface area contributed by atoms with Crippen molar-refractivity contribution < 1.29 is 9.53 Å². The van der Waals surface area contributed by atoms with Crippen molar-refractivity contribution in [2.45, 2.75) is 26.4 Å². The van der Waals surface area contributed by atoms with Crippen LogP contribution in [0.2, 0.25) is 5.02 Å². The molecule has 0 saturated carbocycles. The molecule has 1 rings (SSSR count). The predicted octanol–water partition coefficient (Wildman–Crippen LogP) is 3.58. The molecule has 0 aromatic heterocycles. The zero-order valence-electron chi connectivity index (χ0n) is 10.8. The van der Waals surface area contributed by atoms with Crippen LogP contribution < -0.4 is 4.90 Å². The Labute approximate surface area is 112 Å². The fourth-order valence-electron chi connectivity index (χ4n) is 1.31. The van der Waals surface area contributed by atoms with Gasteiger partial charge in [0.1, 0.15) is 11.7 Å². The number of ether oxygens (including phenoxy) is 1. The third kappa shape index (κ3) is 3.64. The quantitative estimate of drug-likeness (QED) is 0.781. The molecule has 0 aliphatic carbocycles. The Morgan fingerprint density at radius 2 is 2.06 bits per heavy atom. The molecule has 5 heteroatoms. The van der Waals surface area contributed by atoms with Gasteiger partial charge in [-0.1, -0.05) is 11.6 Å². The summed E-state index contributed by atoms with van der Waals surface area (Å²) >= 11 is 5.87. The van der Waals surface area contributed by atoms with Crippen LogP contribution in [-0.2, 0) is 4.74 Å². The van der Waals surface area contributed by atoms with Gasteiger partial charge in [0.2, 0.25) is 0 Å². The summed E-state index contributed by atoms with van der Waals surface area (Å²) in [6, 6.07) is 6.74. The third-order valence-corrected chi connectivity index (χ3v) is 2.34. The van der Waals surface area contributed by atoms with Crippen LogP contribution in [-0.4, -0.2) is 18.7 Å². The van der Waals surface area contributed by atoms with Crippen molar-refractivity contribution in [2.75, 3.05) is 11.9 Å². The molecule has 0 bridgehead atoms. The highest BCUT2D eigenvalue weighted by Crippen LogP contribution is 2.24. The summed E-state index contributed by atoms with van der Waals surface area (Å²) in [7, 11) is 1.54. The lowest BCUT2D eigenvalue weighted by Crippen LogP contribution is -2.34. The Kier molecular flexibility index (Phi) is 4.20. The van der Waals surface area contributed by atoms with Gasteiger partial charge in [-0.25, -0.2) is 4.79 Å². The van der Waals surface area contributed by atoms with Crippen LogP contribution in [0.25, 0.3) is 0 Å². The van der Waals surface area contributed by atoms with Gasteiger partial charge < -0.3 is 4.74 Å². The number of nitrogens with zero attached hydrogens (tertiary/aromatic N) is 2. The predicted molar refractivity (Wildman–Crippen MR) is 70.8 cm³/mol. The molecule has 0 aliphatic heterocycles. The zero-order valence-corrected chi connectivity index (χ0v) is 11.6. The van der Waals surface area contributed by atoms with E-state index in [2.05, 4.69) is 0 Å². The fraction of sp³-hybridized carbons (Fsp3) is 0.385. The van der Waals surface area contributed by atoms with Crippen molar-refractivity contribution >= 4 is 23.4 Å². The third-order valence-electron chi connectivity index (χ3n) is 2.11. The second-order valence-corrected chi connectivity index (χ2v) is 5.25. The minimum absolute atomic E-state index is 0.368. The number of carbonyl (C=O) groups is 1. The Hall–Kier alpha value is -1.73. The molecule has 0 atom stereocenters. The van der Waals surface area contributed by atoms with Gasteiger partial charge in [0.25, 0.3) is 0 Å². The van der Waals surface area contributed by atoms with Gasteiger partial charge in [0, 0.05) is 12.1 Å². The first-order chi connectivity index (χ1) is 8.24. The van der Waals surface area contributed by atoms with Crippen LogP contribution in [0.4, 0.5) is 10.5 Å². The summed E-state index contributed by atoms with van der Waals surface area (Å²) in [4.78, 5) is 13.2. The second-order valence-electron chi connectivity index (χ2n) is 4.81. The highest BCUT2D eigenvalue weighted by Gasteiger charge is 2.22. The van der Waals surface area contributed by atoms with Gasteiger partial charge >= 0.3 is 6.09 Å². The first-order valence-electron chi connectivity index (χ1n) is 5.41.